The highest BCUT2D eigenvalue weighted by atomic mass is 19.1. The Bertz CT molecular complexity index is 1380. The standard InChI is InChI=1S/C22H17F2N3O3/c1-27(22(29)17-8-14-15(24)3-2-4-16(14)25-17)19-10-30-9-18-20(19)12-6-5-11(23)7-13(12)21(28)26-18/h2-8,19,25H,9-10H2,1H3,(H,26,28)/t19-/m1/s1. The van der Waals surface area contributed by atoms with E-state index in [0.717, 1.165) is 0 Å². The molecule has 0 saturated carbocycles. The number of carbonyl (C=O) groups is 1. The maximum Gasteiger partial charge on any atom is 0.270 e. The molecule has 6 nitrogen and oxygen atoms in total. The summed E-state index contributed by atoms with van der Waals surface area (Å²) in [7, 11) is 1.62. The van der Waals surface area contributed by atoms with Crippen LogP contribution in [0.3, 0.4) is 0 Å². The Balaban J connectivity index is 1.60. The molecule has 0 unspecified atom stereocenters. The monoisotopic (exact) mass is 409 g/mol. The molecule has 2 aromatic carbocycles. The molecule has 0 fully saturated rings. The van der Waals surface area contributed by atoms with Crippen LogP contribution in [-0.4, -0.2) is 34.4 Å². The first kappa shape index (κ1) is 18.5. The van der Waals surface area contributed by atoms with Gasteiger partial charge in [-0.3, -0.25) is 9.59 Å². The van der Waals surface area contributed by atoms with E-state index in [-0.39, 0.29) is 30.2 Å². The van der Waals surface area contributed by atoms with E-state index in [1.54, 1.807) is 25.2 Å². The Kier molecular flexibility index (Phi) is 4.18. The molecule has 30 heavy (non-hydrogen) atoms. The number of hydrogen-bond acceptors (Lipinski definition) is 3. The summed E-state index contributed by atoms with van der Waals surface area (Å²) in [5.74, 6) is -1.28. The molecule has 3 heterocycles. The topological polar surface area (TPSA) is 78.2 Å². The summed E-state index contributed by atoms with van der Waals surface area (Å²) in [6.07, 6.45) is 0. The lowest BCUT2D eigenvalue weighted by Crippen LogP contribution is -2.37. The normalized spacial score (nSPS) is 16.0. The smallest absolute Gasteiger partial charge is 0.270 e. The SMILES string of the molecule is CN(C(=O)c1cc2c(F)cccc2[nH]1)[C@@H]1COCc2[nH]c(=O)c3cc(F)ccc3c21. The second-order valence-corrected chi connectivity index (χ2v) is 7.37. The molecule has 0 saturated heterocycles. The van der Waals surface area contributed by atoms with Crippen molar-refractivity contribution in [3.8, 4) is 0 Å². The zero-order chi connectivity index (χ0) is 21.0. The molecular weight excluding hydrogens is 392 g/mol. The van der Waals surface area contributed by atoms with Crippen molar-refractivity contribution in [2.24, 2.45) is 0 Å². The van der Waals surface area contributed by atoms with E-state index in [1.165, 1.54) is 29.2 Å². The van der Waals surface area contributed by atoms with Gasteiger partial charge >= 0.3 is 0 Å². The van der Waals surface area contributed by atoms with Gasteiger partial charge in [-0.05, 0) is 35.7 Å². The van der Waals surface area contributed by atoms with Crippen molar-refractivity contribution in [2.75, 3.05) is 13.7 Å². The Morgan fingerprint density at radius 1 is 1.10 bits per heavy atom. The van der Waals surface area contributed by atoms with Crippen molar-refractivity contribution in [2.45, 2.75) is 12.6 Å². The number of ether oxygens (including phenoxy) is 1. The van der Waals surface area contributed by atoms with Crippen molar-refractivity contribution in [3.63, 3.8) is 0 Å². The van der Waals surface area contributed by atoms with Crippen molar-refractivity contribution < 1.29 is 18.3 Å². The number of aromatic amines is 2. The van der Waals surface area contributed by atoms with Crippen LogP contribution in [0.1, 0.15) is 27.8 Å². The second kappa shape index (κ2) is 6.77. The Hall–Kier alpha value is -3.52. The van der Waals surface area contributed by atoms with Gasteiger partial charge in [-0.1, -0.05) is 12.1 Å². The van der Waals surface area contributed by atoms with Crippen molar-refractivity contribution in [1.29, 1.82) is 0 Å². The molecule has 0 spiro atoms. The number of hydrogen-bond donors (Lipinski definition) is 2. The van der Waals surface area contributed by atoms with Gasteiger partial charge in [0.15, 0.2) is 0 Å². The van der Waals surface area contributed by atoms with E-state index in [9.17, 15) is 18.4 Å². The van der Waals surface area contributed by atoms with Gasteiger partial charge in [0.25, 0.3) is 11.5 Å². The van der Waals surface area contributed by atoms with E-state index in [0.29, 0.717) is 27.5 Å². The molecule has 1 atom stereocenters. The molecule has 4 aromatic rings. The largest absolute Gasteiger partial charge is 0.373 e. The lowest BCUT2D eigenvalue weighted by molar-refractivity contribution is 0.0333. The zero-order valence-electron chi connectivity index (χ0n) is 16.0. The molecule has 1 aliphatic heterocycles. The third kappa shape index (κ3) is 2.80. The number of aromatic nitrogens is 2. The van der Waals surface area contributed by atoms with Crippen LogP contribution in [0.5, 0.6) is 0 Å². The third-order valence-corrected chi connectivity index (χ3v) is 5.59. The van der Waals surface area contributed by atoms with E-state index in [1.807, 2.05) is 0 Å². The van der Waals surface area contributed by atoms with Gasteiger partial charge in [0.05, 0.1) is 24.6 Å². The lowest BCUT2D eigenvalue weighted by Gasteiger charge is -2.33. The summed E-state index contributed by atoms with van der Waals surface area (Å²) in [6.45, 7) is 0.399. The highest BCUT2D eigenvalue weighted by molar-refractivity contribution is 5.98. The summed E-state index contributed by atoms with van der Waals surface area (Å²) in [6, 6.07) is 9.59. The number of fused-ring (bicyclic) bond motifs is 4. The molecular formula is C22H17F2N3O3. The van der Waals surface area contributed by atoms with Gasteiger partial charge in [0, 0.05) is 29.2 Å². The molecule has 152 valence electrons. The van der Waals surface area contributed by atoms with Crippen LogP contribution in [0.4, 0.5) is 8.78 Å². The van der Waals surface area contributed by atoms with Gasteiger partial charge in [-0.15, -0.1) is 0 Å². The van der Waals surface area contributed by atoms with Crippen LogP contribution < -0.4 is 5.56 Å². The molecule has 1 amide bonds. The number of H-pyrrole nitrogens is 2. The summed E-state index contributed by atoms with van der Waals surface area (Å²) >= 11 is 0. The van der Waals surface area contributed by atoms with Gasteiger partial charge in [-0.2, -0.15) is 0 Å². The molecule has 0 aliphatic carbocycles. The lowest BCUT2D eigenvalue weighted by atomic mass is 9.95. The first-order chi connectivity index (χ1) is 14.4. The number of pyridine rings is 1. The first-order valence-electron chi connectivity index (χ1n) is 9.40. The summed E-state index contributed by atoms with van der Waals surface area (Å²) < 4.78 is 33.4. The predicted molar refractivity (Wildman–Crippen MR) is 107 cm³/mol. The average molecular weight is 409 g/mol. The Morgan fingerprint density at radius 2 is 1.93 bits per heavy atom. The van der Waals surface area contributed by atoms with Crippen molar-refractivity contribution >= 4 is 27.6 Å². The fraction of sp³-hybridized carbons (Fsp3) is 0.182. The van der Waals surface area contributed by atoms with E-state index >= 15 is 0 Å². The van der Waals surface area contributed by atoms with Crippen LogP contribution in [0.2, 0.25) is 0 Å². The van der Waals surface area contributed by atoms with Crippen LogP contribution in [0.25, 0.3) is 21.7 Å². The number of likely N-dealkylation sites (N-methyl/N-ethyl adjacent to an activating group) is 1. The highest BCUT2D eigenvalue weighted by Crippen LogP contribution is 2.34. The number of rotatable bonds is 2. The summed E-state index contributed by atoms with van der Waals surface area (Å²) in [5.41, 5.74) is 1.63. The van der Waals surface area contributed by atoms with E-state index in [4.69, 9.17) is 4.74 Å². The third-order valence-electron chi connectivity index (χ3n) is 5.59. The Labute approximate surface area is 169 Å². The minimum Gasteiger partial charge on any atom is -0.373 e. The predicted octanol–water partition coefficient (Wildman–Crippen LogP) is 3.63. The van der Waals surface area contributed by atoms with Crippen molar-refractivity contribution in [1.82, 2.24) is 14.9 Å². The molecule has 2 aromatic heterocycles. The molecule has 8 heteroatoms. The number of halogens is 2. The fourth-order valence-electron chi connectivity index (χ4n) is 4.09. The van der Waals surface area contributed by atoms with Crippen LogP contribution in [-0.2, 0) is 11.3 Å². The maximum atomic E-state index is 14.0. The summed E-state index contributed by atoms with van der Waals surface area (Å²) in [5, 5.41) is 1.12. The maximum absolute atomic E-state index is 14.0. The quantitative estimate of drug-likeness (QED) is 0.531. The highest BCUT2D eigenvalue weighted by Gasteiger charge is 2.31. The van der Waals surface area contributed by atoms with E-state index in [2.05, 4.69) is 9.97 Å². The molecule has 5 rings (SSSR count). The zero-order valence-corrected chi connectivity index (χ0v) is 16.0. The second-order valence-electron chi connectivity index (χ2n) is 7.37. The number of carbonyl (C=O) groups excluding carboxylic acids is 1. The molecule has 0 bridgehead atoms. The van der Waals surface area contributed by atoms with Crippen molar-refractivity contribution in [3.05, 3.63) is 81.4 Å². The first-order valence-corrected chi connectivity index (χ1v) is 9.40. The minimum atomic E-state index is -0.513. The number of benzene rings is 2. The van der Waals surface area contributed by atoms with E-state index < -0.39 is 23.2 Å². The molecule has 0 radical (unpaired) electrons. The average Bonchev–Trinajstić information content (AvgIpc) is 3.18. The minimum absolute atomic E-state index is 0.189. The van der Waals surface area contributed by atoms with Gasteiger partial charge in [-0.25, -0.2) is 8.78 Å². The Morgan fingerprint density at radius 3 is 2.73 bits per heavy atom. The summed E-state index contributed by atoms with van der Waals surface area (Å²) in [4.78, 5) is 32.7. The van der Waals surface area contributed by atoms with Crippen LogP contribution in [0.15, 0.2) is 47.3 Å². The number of nitrogens with one attached hydrogen (secondary N) is 2. The van der Waals surface area contributed by atoms with Gasteiger partial charge in [0.2, 0.25) is 0 Å². The van der Waals surface area contributed by atoms with Gasteiger partial charge in [0.1, 0.15) is 17.3 Å². The molecule has 2 N–H and O–H groups in total. The fourth-order valence-corrected chi connectivity index (χ4v) is 4.09. The number of nitrogens with zero attached hydrogens (tertiary/aromatic N) is 1. The van der Waals surface area contributed by atoms with Crippen LogP contribution >= 0.6 is 0 Å². The van der Waals surface area contributed by atoms with Gasteiger partial charge < -0.3 is 19.6 Å². The number of amides is 1. The molecule has 1 aliphatic rings. The van der Waals surface area contributed by atoms with Crippen LogP contribution in [0, 0.1) is 11.6 Å².